The zero-order chi connectivity index (χ0) is 86.2. The quantitative estimate of drug-likeness (QED) is 0.101. The molecule has 7 aliphatic rings. The molecule has 4 fully saturated rings. The second kappa shape index (κ2) is 62.5. The van der Waals surface area contributed by atoms with Crippen molar-refractivity contribution in [3.05, 3.63) is 312 Å². The van der Waals surface area contributed by atoms with Crippen LogP contribution in [0.3, 0.4) is 0 Å². The molecule has 12 atom stereocenters. The van der Waals surface area contributed by atoms with Crippen molar-refractivity contribution in [3.63, 3.8) is 0 Å². The summed E-state index contributed by atoms with van der Waals surface area (Å²) in [6.45, 7) is 51.6. The molecule has 8 aromatic carbocycles. The van der Waals surface area contributed by atoms with Gasteiger partial charge in [-0.15, -0.1) is 0 Å². The number of allylic oxidation sites excluding steroid dienone is 10. The summed E-state index contributed by atoms with van der Waals surface area (Å²) in [6.07, 6.45) is 15.0. The maximum Gasteiger partial charge on any atom is 1.00 e. The molecule has 0 N–H and O–H groups in total. The first-order valence-corrected chi connectivity index (χ1v) is 57.6. The van der Waals surface area contributed by atoms with Gasteiger partial charge in [-0.2, -0.15) is 71.8 Å². The maximum atomic E-state index is 11.3. The molecule has 12 unspecified atom stereocenters. The van der Waals surface area contributed by atoms with Gasteiger partial charge < -0.3 is 34.4 Å². The van der Waals surface area contributed by atoms with Crippen molar-refractivity contribution in [2.24, 2.45) is 71.0 Å². The van der Waals surface area contributed by atoms with Crippen molar-refractivity contribution in [2.75, 3.05) is 13.2 Å². The van der Waals surface area contributed by atoms with Crippen molar-refractivity contribution in [3.8, 4) is 44.5 Å². The molecule has 0 spiro atoms. The zero-order valence-corrected chi connectivity index (χ0v) is 91.7. The topological polar surface area (TPSA) is 26.3 Å². The van der Waals surface area contributed by atoms with Crippen LogP contribution in [0.5, 0.6) is 0 Å². The van der Waals surface area contributed by atoms with E-state index in [9.17, 15) is 4.79 Å². The van der Waals surface area contributed by atoms with Crippen LogP contribution in [0.25, 0.3) is 55.7 Å². The van der Waals surface area contributed by atoms with Gasteiger partial charge in [0, 0.05) is 39.9 Å². The molecular weight excluding hydrogens is 1860 g/mol. The van der Waals surface area contributed by atoms with Crippen LogP contribution in [0.1, 0.15) is 251 Å². The minimum Gasteiger partial charge on any atom is -0.184 e. The number of rotatable bonds is 10. The number of hydrogen-bond donors (Lipinski definition) is 0. The maximum absolute atomic E-state index is 11.3. The second-order valence-electron chi connectivity index (χ2n) is 33.8. The van der Waals surface area contributed by atoms with Gasteiger partial charge in [-0.25, -0.2) is 0 Å². The van der Waals surface area contributed by atoms with E-state index in [1.165, 1.54) is 181 Å². The molecule has 0 saturated heterocycles. The van der Waals surface area contributed by atoms with Crippen LogP contribution in [0.4, 0.5) is 0 Å². The van der Waals surface area contributed by atoms with Gasteiger partial charge in [-0.1, -0.05) is 317 Å². The predicted octanol–water partition coefficient (Wildman–Crippen LogP) is 31.0. The third-order valence-electron chi connectivity index (χ3n) is 27.7. The van der Waals surface area contributed by atoms with Crippen molar-refractivity contribution in [1.82, 2.24) is 0 Å². The van der Waals surface area contributed by atoms with Crippen LogP contribution in [-0.2, 0) is 51.2 Å². The summed E-state index contributed by atoms with van der Waals surface area (Å²) in [6, 6.07) is 75.8. The molecule has 0 aromatic heterocycles. The Labute approximate surface area is 831 Å². The molecule has 4 saturated carbocycles. The van der Waals surface area contributed by atoms with Gasteiger partial charge in [0.1, 0.15) is 0 Å². The van der Waals surface area contributed by atoms with E-state index in [0.717, 1.165) is 75.1 Å². The largest absolute Gasteiger partial charge is 1.00 e. The molecule has 0 bridgehead atoms. The van der Waals surface area contributed by atoms with Crippen molar-refractivity contribution in [2.45, 2.75) is 228 Å². The van der Waals surface area contributed by atoms with E-state index < -0.39 is 41.7 Å². The standard InChI is InChI=1S/C30H42.C30H34.C12H8Br2.C12H8.C9H14O.2C5H10.C4H10O.4CH3.4ClH.2Li.2Zr/c2*1-17-18(2)22(6)29(21(17)5)27-13-9-25(10-14-27)26-11-15-28(16-12-26)30-23(7)19(3)20(4)24(30)8;13-11-5-1-9(2-6-11)10-3-7-12(14)8-4-10;1-3-7-11(8-4-1)12-9-5-2-6-10-12;1-5-6(2)8(4)9(10)7(5)3;2*1-2-4-5-3-1;1-3-5-4-2;;;;;;;;;;;;/h9-24,29-30H,1-8H3;9-16,21,23H,1-8H3;1-8H;3-10H;5,7H,1-4H3;2*1-5H2;3-4H2,1-2H3;4*1H3;4*1H;;;;/q;;;-2;;;;;4*-1;;;;;2*+1;2*+4/p-4. The van der Waals surface area contributed by atoms with Crippen molar-refractivity contribution in [1.29, 1.82) is 0 Å². The predicted molar refractivity (Wildman–Crippen MR) is 539 cm³/mol. The Morgan fingerprint density at radius 3 is 0.699 bits per heavy atom. The molecule has 656 valence electrons. The Balaban J connectivity index is 0.00000147. The number of ketones is 1. The van der Waals surface area contributed by atoms with E-state index in [4.69, 9.17) is 38.8 Å². The minimum atomic E-state index is -0.826. The first-order valence-electron chi connectivity index (χ1n) is 43.3. The van der Waals surface area contributed by atoms with Gasteiger partial charge in [0.25, 0.3) is 0 Å². The molecular formula is C111H148Br2Cl4Li2O2Zr2. The van der Waals surface area contributed by atoms with Crippen LogP contribution >= 0.6 is 65.9 Å². The molecule has 0 aliphatic heterocycles. The fraction of sp³-hybridized carbons (Fsp3) is 0.432. The molecule has 15 rings (SSSR count). The average Bonchev–Trinajstić information content (AvgIpc) is 1.67. The van der Waals surface area contributed by atoms with Crippen molar-refractivity contribution >= 4 is 82.8 Å². The van der Waals surface area contributed by atoms with E-state index in [-0.39, 0.29) is 73.3 Å². The fourth-order valence-electron chi connectivity index (χ4n) is 18.4. The summed E-state index contributed by atoms with van der Waals surface area (Å²) < 4.78 is 7.05. The third kappa shape index (κ3) is 34.7. The molecule has 8 aromatic rings. The van der Waals surface area contributed by atoms with Crippen LogP contribution in [0.2, 0.25) is 0 Å². The summed E-state index contributed by atoms with van der Waals surface area (Å²) in [5.74, 6) is 9.73. The van der Waals surface area contributed by atoms with Gasteiger partial charge in [0.05, 0.1) is 0 Å². The van der Waals surface area contributed by atoms with Crippen LogP contribution in [-0.4, -0.2) is 19.0 Å². The summed E-state index contributed by atoms with van der Waals surface area (Å²) in [5.41, 5.74) is 30.0. The van der Waals surface area contributed by atoms with E-state index in [2.05, 4.69) is 338 Å². The SMILES string of the molecule is Brc1ccc(-c2ccc(Br)cc2)cc1.C1CCCC1.C1CCCC1.CC1=C(C)C(C)C(C)C1=O.CC1=C(C)C(C)C(c2ccc(-c3ccc(C4=C(C)C(C)=C(C)C4C)cc3)cc2)=C1C.CC1C(C)C(C)C(c2ccc(-c3ccc(C4C(C)C(C)C(C)C4C)cc3)cc2)C1C.CCOCC.[CH3-].[CH3-].[CH3-].[CH3-].[Cl][Zr+2][Cl].[Cl][Zr+2][Cl].[Li+].[Li+].[c-]1ccc(-c2cc[c-]cc2)cc1. The molecule has 0 amide bonds. The van der Waals surface area contributed by atoms with E-state index in [0.29, 0.717) is 35.4 Å². The monoisotopic (exact) mass is 2000 g/mol. The molecule has 2 nitrogen and oxygen atoms in total. The zero-order valence-electron chi connectivity index (χ0n) is 80.6. The van der Waals surface area contributed by atoms with Crippen molar-refractivity contribution < 1.29 is 88.9 Å². The van der Waals surface area contributed by atoms with Gasteiger partial charge in [-0.3, -0.25) is 4.79 Å². The van der Waals surface area contributed by atoms with Gasteiger partial charge in [-0.05, 0) is 253 Å². The number of hydrogen-bond acceptors (Lipinski definition) is 2. The average molecular weight is 2010 g/mol. The summed E-state index contributed by atoms with van der Waals surface area (Å²) in [4.78, 5) is 11.3. The normalized spacial score (nSPS) is 22.8. The smallest absolute Gasteiger partial charge is 0.184 e. The first kappa shape index (κ1) is 120. The summed E-state index contributed by atoms with van der Waals surface area (Å²) in [7, 11) is 19.7. The number of carbonyl (C=O) groups excluding carboxylic acids is 1. The van der Waals surface area contributed by atoms with Crippen LogP contribution in [0.15, 0.2) is 248 Å². The fourth-order valence-corrected chi connectivity index (χ4v) is 19.0. The molecule has 12 heteroatoms. The van der Waals surface area contributed by atoms with Gasteiger partial charge in [0.15, 0.2) is 5.78 Å². The van der Waals surface area contributed by atoms with E-state index in [1.807, 2.05) is 52.0 Å². The number of Topliss-reactive ketones (excluding diaryl/α,β-unsaturated/α-hetero) is 1. The molecule has 7 aliphatic carbocycles. The number of halogens is 6. The Kier molecular flexibility index (Phi) is 61.1. The Bertz CT molecular complexity index is 4140. The number of ether oxygens (including phenoxy) is 1. The number of benzene rings is 8. The molecule has 0 radical (unpaired) electrons. The second-order valence-corrected chi connectivity index (χ2v) is 43.1. The Morgan fingerprint density at radius 1 is 0.309 bits per heavy atom. The molecule has 123 heavy (non-hydrogen) atoms. The third-order valence-corrected chi connectivity index (χ3v) is 28.7. The van der Waals surface area contributed by atoms with Gasteiger partial charge >= 0.3 is 113 Å². The van der Waals surface area contributed by atoms with E-state index >= 15 is 0 Å². The first-order chi connectivity index (χ1) is 56.0. The summed E-state index contributed by atoms with van der Waals surface area (Å²) >= 11 is 5.19. The van der Waals surface area contributed by atoms with Crippen LogP contribution < -0.4 is 37.7 Å². The number of carbonyl (C=O) groups is 1. The molecule has 0 heterocycles. The van der Waals surface area contributed by atoms with Crippen LogP contribution in [0, 0.1) is 113 Å². The Hall–Kier alpha value is -2.83. The summed E-state index contributed by atoms with van der Waals surface area (Å²) in [5, 5.41) is 0. The Morgan fingerprint density at radius 2 is 0.520 bits per heavy atom. The van der Waals surface area contributed by atoms with Gasteiger partial charge in [0.2, 0.25) is 0 Å². The minimum absolute atomic E-state index is 0. The van der Waals surface area contributed by atoms with E-state index in [1.54, 1.807) is 0 Å².